The van der Waals surface area contributed by atoms with Crippen molar-refractivity contribution in [2.75, 3.05) is 11.5 Å². The summed E-state index contributed by atoms with van der Waals surface area (Å²) in [5.74, 6) is 2.06. The van der Waals surface area contributed by atoms with Crippen LogP contribution in [0.5, 0.6) is 0 Å². The topological polar surface area (TPSA) is 55.2 Å². The lowest BCUT2D eigenvalue weighted by Gasteiger charge is -2.13. The van der Waals surface area contributed by atoms with Crippen LogP contribution in [0.2, 0.25) is 5.02 Å². The Morgan fingerprint density at radius 3 is 2.89 bits per heavy atom. The standard InChI is InChI=1S/C12H17ClN2O2S/c1-3-18-8-9(2)14-7-10-6-11(13)4-5-12(10)15(16)17/h4-6,9,14H,3,7-8H2,1-2H3. The van der Waals surface area contributed by atoms with Gasteiger partial charge in [0.1, 0.15) is 0 Å². The van der Waals surface area contributed by atoms with Crippen LogP contribution in [-0.4, -0.2) is 22.5 Å². The molecule has 0 fully saturated rings. The molecule has 0 heterocycles. The second kappa shape index (κ2) is 7.61. The van der Waals surface area contributed by atoms with Gasteiger partial charge in [-0.3, -0.25) is 10.1 Å². The Labute approximate surface area is 116 Å². The molecule has 1 N–H and O–H groups in total. The summed E-state index contributed by atoms with van der Waals surface area (Å²) in [4.78, 5) is 10.5. The van der Waals surface area contributed by atoms with Crippen molar-refractivity contribution < 1.29 is 4.92 Å². The predicted molar refractivity (Wildman–Crippen MR) is 77.4 cm³/mol. The van der Waals surface area contributed by atoms with Gasteiger partial charge in [-0.1, -0.05) is 18.5 Å². The number of nitrogens with one attached hydrogen (secondary N) is 1. The molecule has 1 aromatic carbocycles. The highest BCUT2D eigenvalue weighted by atomic mass is 35.5. The van der Waals surface area contributed by atoms with E-state index in [2.05, 4.69) is 19.2 Å². The molecule has 0 aliphatic heterocycles. The predicted octanol–water partition coefficient (Wildman–Crippen LogP) is 3.48. The number of halogens is 1. The summed E-state index contributed by atoms with van der Waals surface area (Å²) in [6.45, 7) is 4.64. The molecule has 4 nitrogen and oxygen atoms in total. The van der Waals surface area contributed by atoms with E-state index in [0.29, 0.717) is 23.2 Å². The molecule has 1 atom stereocenters. The minimum atomic E-state index is -0.376. The van der Waals surface area contributed by atoms with Crippen LogP contribution in [0.3, 0.4) is 0 Å². The fourth-order valence-corrected chi connectivity index (χ4v) is 2.41. The van der Waals surface area contributed by atoms with E-state index in [-0.39, 0.29) is 10.6 Å². The number of rotatable bonds is 7. The van der Waals surface area contributed by atoms with Crippen molar-refractivity contribution in [3.8, 4) is 0 Å². The molecule has 0 saturated carbocycles. The van der Waals surface area contributed by atoms with Crippen LogP contribution in [0.15, 0.2) is 18.2 Å². The minimum Gasteiger partial charge on any atom is -0.309 e. The van der Waals surface area contributed by atoms with E-state index in [9.17, 15) is 10.1 Å². The van der Waals surface area contributed by atoms with Gasteiger partial charge in [0.05, 0.1) is 4.92 Å². The monoisotopic (exact) mass is 288 g/mol. The average Bonchev–Trinajstić information content (AvgIpc) is 2.33. The van der Waals surface area contributed by atoms with Gasteiger partial charge in [-0.15, -0.1) is 0 Å². The molecule has 0 amide bonds. The number of hydrogen-bond acceptors (Lipinski definition) is 4. The van der Waals surface area contributed by atoms with Crippen molar-refractivity contribution in [3.05, 3.63) is 38.9 Å². The van der Waals surface area contributed by atoms with E-state index in [1.807, 2.05) is 11.8 Å². The van der Waals surface area contributed by atoms with Crippen molar-refractivity contribution in [2.24, 2.45) is 0 Å². The number of nitrogens with zero attached hydrogens (tertiary/aromatic N) is 1. The van der Waals surface area contributed by atoms with Gasteiger partial charge < -0.3 is 5.32 Å². The quantitative estimate of drug-likeness (QED) is 0.616. The van der Waals surface area contributed by atoms with Gasteiger partial charge in [-0.05, 0) is 24.8 Å². The first-order valence-corrected chi connectivity index (χ1v) is 7.31. The molecule has 1 rings (SSSR count). The van der Waals surface area contributed by atoms with Gasteiger partial charge in [0, 0.05) is 35.0 Å². The van der Waals surface area contributed by atoms with Crippen LogP contribution in [0.1, 0.15) is 19.4 Å². The Bertz CT molecular complexity index is 415. The summed E-state index contributed by atoms with van der Waals surface area (Å²) in [5, 5.41) is 14.7. The zero-order chi connectivity index (χ0) is 13.5. The highest BCUT2D eigenvalue weighted by molar-refractivity contribution is 7.99. The smallest absolute Gasteiger partial charge is 0.273 e. The first-order valence-electron chi connectivity index (χ1n) is 5.78. The molecule has 0 spiro atoms. The molecule has 1 unspecified atom stereocenters. The second-order valence-corrected chi connectivity index (χ2v) is 5.73. The van der Waals surface area contributed by atoms with Gasteiger partial charge in [-0.25, -0.2) is 0 Å². The molecule has 6 heteroatoms. The number of benzene rings is 1. The third-order valence-corrected chi connectivity index (χ3v) is 3.83. The van der Waals surface area contributed by atoms with Gasteiger partial charge in [0.2, 0.25) is 0 Å². The van der Waals surface area contributed by atoms with Crippen molar-refractivity contribution in [3.63, 3.8) is 0 Å². The largest absolute Gasteiger partial charge is 0.309 e. The zero-order valence-electron chi connectivity index (χ0n) is 10.5. The Morgan fingerprint density at radius 2 is 2.28 bits per heavy atom. The van der Waals surface area contributed by atoms with Gasteiger partial charge in [-0.2, -0.15) is 11.8 Å². The Hall–Kier alpha value is -0.780. The van der Waals surface area contributed by atoms with E-state index >= 15 is 0 Å². The number of thioether (sulfide) groups is 1. The van der Waals surface area contributed by atoms with Crippen LogP contribution in [0.25, 0.3) is 0 Å². The fraction of sp³-hybridized carbons (Fsp3) is 0.500. The summed E-state index contributed by atoms with van der Waals surface area (Å²) < 4.78 is 0. The van der Waals surface area contributed by atoms with Gasteiger partial charge in [0.15, 0.2) is 0 Å². The Kier molecular flexibility index (Phi) is 6.46. The maximum absolute atomic E-state index is 10.9. The molecule has 18 heavy (non-hydrogen) atoms. The maximum Gasteiger partial charge on any atom is 0.273 e. The van der Waals surface area contributed by atoms with Crippen LogP contribution >= 0.6 is 23.4 Å². The third kappa shape index (κ3) is 4.84. The molecule has 0 bridgehead atoms. The third-order valence-electron chi connectivity index (χ3n) is 2.45. The van der Waals surface area contributed by atoms with Crippen molar-refractivity contribution in [2.45, 2.75) is 26.4 Å². The van der Waals surface area contributed by atoms with Gasteiger partial charge >= 0.3 is 0 Å². The van der Waals surface area contributed by atoms with E-state index in [4.69, 9.17) is 11.6 Å². The number of nitro groups is 1. The molecule has 0 aliphatic rings. The maximum atomic E-state index is 10.9. The van der Waals surface area contributed by atoms with Crippen LogP contribution in [0.4, 0.5) is 5.69 Å². The minimum absolute atomic E-state index is 0.113. The fourth-order valence-electron chi connectivity index (χ4n) is 1.51. The number of nitro benzene ring substituents is 1. The van der Waals surface area contributed by atoms with Crippen LogP contribution < -0.4 is 5.32 Å². The Morgan fingerprint density at radius 1 is 1.56 bits per heavy atom. The summed E-state index contributed by atoms with van der Waals surface area (Å²) in [7, 11) is 0. The van der Waals surface area contributed by atoms with E-state index in [1.54, 1.807) is 12.1 Å². The first kappa shape index (κ1) is 15.3. The molecular formula is C12H17ClN2O2S. The lowest BCUT2D eigenvalue weighted by molar-refractivity contribution is -0.385. The van der Waals surface area contributed by atoms with Crippen molar-refractivity contribution >= 4 is 29.1 Å². The van der Waals surface area contributed by atoms with E-state index < -0.39 is 0 Å². The molecule has 0 radical (unpaired) electrons. The number of hydrogen-bond donors (Lipinski definition) is 1. The average molecular weight is 289 g/mol. The lowest BCUT2D eigenvalue weighted by atomic mass is 10.1. The molecule has 0 aliphatic carbocycles. The SMILES string of the molecule is CCSCC(C)NCc1cc(Cl)ccc1[N+](=O)[O-]. The zero-order valence-corrected chi connectivity index (χ0v) is 12.1. The van der Waals surface area contributed by atoms with E-state index in [0.717, 1.165) is 11.5 Å². The van der Waals surface area contributed by atoms with Crippen LogP contribution in [-0.2, 0) is 6.54 Å². The summed E-state index contributed by atoms with van der Waals surface area (Å²) >= 11 is 7.71. The summed E-state index contributed by atoms with van der Waals surface area (Å²) in [5.41, 5.74) is 0.739. The summed E-state index contributed by atoms with van der Waals surface area (Å²) in [6.07, 6.45) is 0. The Balaban J connectivity index is 2.65. The molecule has 0 saturated heterocycles. The van der Waals surface area contributed by atoms with Crippen LogP contribution in [0, 0.1) is 10.1 Å². The van der Waals surface area contributed by atoms with Crippen molar-refractivity contribution in [1.82, 2.24) is 5.32 Å². The second-order valence-electron chi connectivity index (χ2n) is 3.97. The molecule has 100 valence electrons. The molecular weight excluding hydrogens is 272 g/mol. The summed E-state index contributed by atoms with van der Waals surface area (Å²) in [6, 6.07) is 4.95. The van der Waals surface area contributed by atoms with E-state index in [1.165, 1.54) is 6.07 Å². The molecule has 0 aromatic heterocycles. The normalized spacial score (nSPS) is 12.4. The highest BCUT2D eigenvalue weighted by Crippen LogP contribution is 2.22. The lowest BCUT2D eigenvalue weighted by Crippen LogP contribution is -2.28. The first-order chi connectivity index (χ1) is 8.54. The molecule has 1 aromatic rings. The van der Waals surface area contributed by atoms with Crippen molar-refractivity contribution in [1.29, 1.82) is 0 Å². The van der Waals surface area contributed by atoms with Gasteiger partial charge in [0.25, 0.3) is 5.69 Å². The highest BCUT2D eigenvalue weighted by Gasteiger charge is 2.14.